The van der Waals surface area contributed by atoms with Gasteiger partial charge in [-0.3, -0.25) is 9.69 Å². The maximum absolute atomic E-state index is 12.2. The second kappa shape index (κ2) is 7.75. The molecule has 0 bridgehead atoms. The standard InChI is InChI=1S/C19H21BrN2O/c20-18-9-5-4-8-16(18)14-22-12-10-17(11-13-22)21-19(23)15-6-2-1-3-7-15/h1-9,17H,10-14H2,(H,21,23). The van der Waals surface area contributed by atoms with Crippen LogP contribution in [0.3, 0.4) is 0 Å². The van der Waals surface area contributed by atoms with Gasteiger partial charge in [-0.1, -0.05) is 52.3 Å². The largest absolute Gasteiger partial charge is 0.349 e. The topological polar surface area (TPSA) is 32.3 Å². The summed E-state index contributed by atoms with van der Waals surface area (Å²) in [4.78, 5) is 14.6. The molecule has 120 valence electrons. The molecule has 3 rings (SSSR count). The molecule has 0 aromatic heterocycles. The molecule has 1 N–H and O–H groups in total. The first-order valence-electron chi connectivity index (χ1n) is 8.04. The van der Waals surface area contributed by atoms with Crippen LogP contribution >= 0.6 is 15.9 Å². The predicted molar refractivity (Wildman–Crippen MR) is 96.3 cm³/mol. The van der Waals surface area contributed by atoms with Crippen molar-refractivity contribution in [3.05, 3.63) is 70.2 Å². The van der Waals surface area contributed by atoms with E-state index in [0.717, 1.165) is 38.0 Å². The summed E-state index contributed by atoms with van der Waals surface area (Å²) >= 11 is 3.61. The molecule has 1 heterocycles. The van der Waals surface area contributed by atoms with Gasteiger partial charge in [-0.2, -0.15) is 0 Å². The number of amides is 1. The fourth-order valence-corrected chi connectivity index (χ4v) is 3.37. The van der Waals surface area contributed by atoms with Crippen molar-refractivity contribution in [3.63, 3.8) is 0 Å². The number of nitrogens with zero attached hydrogens (tertiary/aromatic N) is 1. The van der Waals surface area contributed by atoms with Crippen LogP contribution in [0.2, 0.25) is 0 Å². The summed E-state index contributed by atoms with van der Waals surface area (Å²) in [5.74, 6) is 0.0369. The van der Waals surface area contributed by atoms with Crippen molar-refractivity contribution < 1.29 is 4.79 Å². The molecule has 0 unspecified atom stereocenters. The molecule has 3 nitrogen and oxygen atoms in total. The molecule has 1 aliphatic heterocycles. The Bertz CT molecular complexity index is 651. The Balaban J connectivity index is 1.49. The third kappa shape index (κ3) is 4.43. The molecule has 2 aromatic rings. The van der Waals surface area contributed by atoms with E-state index in [-0.39, 0.29) is 11.9 Å². The molecule has 0 atom stereocenters. The van der Waals surface area contributed by atoms with Crippen LogP contribution in [-0.2, 0) is 6.54 Å². The summed E-state index contributed by atoms with van der Waals surface area (Å²) in [6, 6.07) is 18.1. The van der Waals surface area contributed by atoms with Gasteiger partial charge in [0.1, 0.15) is 0 Å². The fourth-order valence-electron chi connectivity index (χ4n) is 2.96. The van der Waals surface area contributed by atoms with Gasteiger partial charge in [0.2, 0.25) is 0 Å². The average Bonchev–Trinajstić information content (AvgIpc) is 2.59. The van der Waals surface area contributed by atoms with E-state index in [9.17, 15) is 4.79 Å². The quantitative estimate of drug-likeness (QED) is 0.883. The molecule has 0 radical (unpaired) electrons. The van der Waals surface area contributed by atoms with Crippen LogP contribution < -0.4 is 5.32 Å². The minimum Gasteiger partial charge on any atom is -0.349 e. The average molecular weight is 373 g/mol. The van der Waals surface area contributed by atoms with Crippen LogP contribution in [0.15, 0.2) is 59.1 Å². The highest BCUT2D eigenvalue weighted by atomic mass is 79.9. The number of likely N-dealkylation sites (tertiary alicyclic amines) is 1. The lowest BCUT2D eigenvalue weighted by Gasteiger charge is -2.32. The summed E-state index contributed by atoms with van der Waals surface area (Å²) in [5.41, 5.74) is 2.06. The van der Waals surface area contributed by atoms with Gasteiger partial charge >= 0.3 is 0 Å². The van der Waals surface area contributed by atoms with Crippen molar-refractivity contribution in [1.29, 1.82) is 0 Å². The zero-order chi connectivity index (χ0) is 16.1. The normalized spacial score (nSPS) is 16.2. The minimum absolute atomic E-state index is 0.0369. The molecule has 1 aliphatic rings. The number of halogens is 1. The van der Waals surface area contributed by atoms with Gasteiger partial charge in [0, 0.05) is 35.7 Å². The van der Waals surface area contributed by atoms with E-state index in [4.69, 9.17) is 0 Å². The zero-order valence-electron chi connectivity index (χ0n) is 13.0. The first kappa shape index (κ1) is 16.2. The van der Waals surface area contributed by atoms with Gasteiger partial charge in [0.05, 0.1) is 0 Å². The molecule has 4 heteroatoms. The highest BCUT2D eigenvalue weighted by Gasteiger charge is 2.21. The molecule has 1 saturated heterocycles. The van der Waals surface area contributed by atoms with Crippen LogP contribution in [0, 0.1) is 0 Å². The van der Waals surface area contributed by atoms with Crippen molar-refractivity contribution in [1.82, 2.24) is 10.2 Å². The number of nitrogens with one attached hydrogen (secondary N) is 1. The number of carbonyl (C=O) groups is 1. The molecular weight excluding hydrogens is 352 g/mol. The highest BCUT2D eigenvalue weighted by Crippen LogP contribution is 2.20. The lowest BCUT2D eigenvalue weighted by Crippen LogP contribution is -2.44. The van der Waals surface area contributed by atoms with Gasteiger partial charge in [-0.25, -0.2) is 0 Å². The lowest BCUT2D eigenvalue weighted by molar-refractivity contribution is 0.0909. The number of rotatable bonds is 4. The molecule has 23 heavy (non-hydrogen) atoms. The van der Waals surface area contributed by atoms with Gasteiger partial charge < -0.3 is 5.32 Å². The van der Waals surface area contributed by atoms with Crippen LogP contribution in [-0.4, -0.2) is 29.9 Å². The van der Waals surface area contributed by atoms with Crippen molar-refractivity contribution in [2.75, 3.05) is 13.1 Å². The molecule has 0 saturated carbocycles. The third-order valence-corrected chi connectivity index (χ3v) is 5.08. The SMILES string of the molecule is O=C(NC1CCN(Cc2ccccc2Br)CC1)c1ccccc1. The molecule has 1 amide bonds. The van der Waals surface area contributed by atoms with Gasteiger partial charge in [-0.15, -0.1) is 0 Å². The Morgan fingerprint density at radius 3 is 2.39 bits per heavy atom. The van der Waals surface area contributed by atoms with E-state index in [1.807, 2.05) is 36.4 Å². The van der Waals surface area contributed by atoms with E-state index in [1.165, 1.54) is 10.0 Å². The Hall–Kier alpha value is -1.65. The maximum atomic E-state index is 12.2. The Morgan fingerprint density at radius 1 is 1.04 bits per heavy atom. The van der Waals surface area contributed by atoms with E-state index in [2.05, 4.69) is 44.3 Å². The fraction of sp³-hybridized carbons (Fsp3) is 0.316. The summed E-state index contributed by atoms with van der Waals surface area (Å²) in [5, 5.41) is 3.16. The highest BCUT2D eigenvalue weighted by molar-refractivity contribution is 9.10. The summed E-state index contributed by atoms with van der Waals surface area (Å²) in [7, 11) is 0. The molecule has 2 aromatic carbocycles. The van der Waals surface area contributed by atoms with E-state index in [1.54, 1.807) is 0 Å². The van der Waals surface area contributed by atoms with Crippen LogP contribution in [0.1, 0.15) is 28.8 Å². The van der Waals surface area contributed by atoms with E-state index in [0.29, 0.717) is 0 Å². The molecular formula is C19H21BrN2O. The van der Waals surface area contributed by atoms with Crippen LogP contribution in [0.25, 0.3) is 0 Å². The van der Waals surface area contributed by atoms with Crippen molar-refractivity contribution >= 4 is 21.8 Å². The first-order valence-corrected chi connectivity index (χ1v) is 8.83. The van der Waals surface area contributed by atoms with Crippen molar-refractivity contribution in [2.45, 2.75) is 25.4 Å². The first-order chi connectivity index (χ1) is 11.2. The summed E-state index contributed by atoms with van der Waals surface area (Å²) in [6.07, 6.45) is 2.01. The zero-order valence-corrected chi connectivity index (χ0v) is 14.6. The molecule has 0 spiro atoms. The van der Waals surface area contributed by atoms with E-state index >= 15 is 0 Å². The number of piperidine rings is 1. The predicted octanol–water partition coefficient (Wildman–Crippen LogP) is 3.84. The molecule has 0 aliphatic carbocycles. The Kier molecular flexibility index (Phi) is 5.47. The third-order valence-electron chi connectivity index (χ3n) is 4.31. The summed E-state index contributed by atoms with van der Waals surface area (Å²) in [6.45, 7) is 2.99. The Labute approximate surface area is 145 Å². The summed E-state index contributed by atoms with van der Waals surface area (Å²) < 4.78 is 1.17. The molecule has 1 fully saturated rings. The lowest BCUT2D eigenvalue weighted by atomic mass is 10.0. The second-order valence-corrected chi connectivity index (χ2v) is 6.84. The minimum atomic E-state index is 0.0369. The smallest absolute Gasteiger partial charge is 0.251 e. The van der Waals surface area contributed by atoms with Gasteiger partial charge in [0.15, 0.2) is 0 Å². The van der Waals surface area contributed by atoms with E-state index < -0.39 is 0 Å². The number of benzene rings is 2. The number of carbonyl (C=O) groups excluding carboxylic acids is 1. The monoisotopic (exact) mass is 372 g/mol. The van der Waals surface area contributed by atoms with Crippen LogP contribution in [0.4, 0.5) is 0 Å². The number of hydrogen-bond donors (Lipinski definition) is 1. The Morgan fingerprint density at radius 2 is 1.70 bits per heavy atom. The maximum Gasteiger partial charge on any atom is 0.251 e. The van der Waals surface area contributed by atoms with Crippen molar-refractivity contribution in [3.8, 4) is 0 Å². The van der Waals surface area contributed by atoms with Crippen LogP contribution in [0.5, 0.6) is 0 Å². The number of hydrogen-bond acceptors (Lipinski definition) is 2. The second-order valence-electron chi connectivity index (χ2n) is 5.98. The van der Waals surface area contributed by atoms with Gasteiger partial charge in [-0.05, 0) is 36.6 Å². The van der Waals surface area contributed by atoms with Crippen molar-refractivity contribution in [2.24, 2.45) is 0 Å². The van der Waals surface area contributed by atoms with Gasteiger partial charge in [0.25, 0.3) is 5.91 Å².